The highest BCUT2D eigenvalue weighted by atomic mass is 16.2. The van der Waals surface area contributed by atoms with Gasteiger partial charge in [-0.05, 0) is 63.5 Å². The molecule has 4 rings (SSSR count). The summed E-state index contributed by atoms with van der Waals surface area (Å²) in [5, 5.41) is 0. The van der Waals surface area contributed by atoms with Gasteiger partial charge in [0.05, 0.1) is 0 Å². The number of carbonyl (C=O) groups is 1. The molecule has 0 spiro atoms. The highest BCUT2D eigenvalue weighted by molar-refractivity contribution is 5.95. The lowest BCUT2D eigenvalue weighted by molar-refractivity contribution is 0.0634. The van der Waals surface area contributed by atoms with Crippen molar-refractivity contribution in [2.45, 2.75) is 57.5 Å². The van der Waals surface area contributed by atoms with Crippen molar-refractivity contribution in [1.82, 2.24) is 4.90 Å². The number of nitrogens with zero attached hydrogens (tertiary/aromatic N) is 1. The Hall–Kier alpha value is -1.57. The highest BCUT2D eigenvalue weighted by Gasteiger charge is 2.41. The number of amides is 1. The fourth-order valence-corrected chi connectivity index (χ4v) is 4.04. The molecule has 2 heterocycles. The number of piperidine rings is 1. The van der Waals surface area contributed by atoms with Gasteiger partial charge < -0.3 is 4.90 Å². The summed E-state index contributed by atoms with van der Waals surface area (Å²) >= 11 is 0. The molecule has 2 nitrogen and oxygen atoms in total. The number of rotatable bonds is 2. The molecule has 3 fully saturated rings. The topological polar surface area (TPSA) is 20.3 Å². The maximum absolute atomic E-state index is 12.9. The largest absolute Gasteiger partial charge is 0.332 e. The van der Waals surface area contributed by atoms with E-state index in [1.807, 2.05) is 18.2 Å². The van der Waals surface area contributed by atoms with Crippen LogP contribution in [0.15, 0.2) is 35.9 Å². The average molecular weight is 281 g/mol. The fraction of sp³-hybridized carbons (Fsp3) is 0.526. The summed E-state index contributed by atoms with van der Waals surface area (Å²) in [6.07, 6.45) is 9.87. The second kappa shape index (κ2) is 5.01. The van der Waals surface area contributed by atoms with E-state index in [9.17, 15) is 4.79 Å². The Morgan fingerprint density at radius 1 is 1.14 bits per heavy atom. The van der Waals surface area contributed by atoms with Crippen LogP contribution >= 0.6 is 0 Å². The van der Waals surface area contributed by atoms with E-state index in [-0.39, 0.29) is 5.91 Å². The maximum atomic E-state index is 12.9. The van der Waals surface area contributed by atoms with E-state index in [1.54, 1.807) is 5.57 Å². The lowest BCUT2D eigenvalue weighted by Gasteiger charge is -2.36. The highest BCUT2D eigenvalue weighted by Crippen LogP contribution is 2.41. The molecule has 0 aromatic heterocycles. The van der Waals surface area contributed by atoms with Crippen molar-refractivity contribution >= 4 is 5.91 Å². The van der Waals surface area contributed by atoms with Crippen molar-refractivity contribution < 1.29 is 4.79 Å². The van der Waals surface area contributed by atoms with Crippen molar-refractivity contribution in [3.8, 4) is 0 Å². The summed E-state index contributed by atoms with van der Waals surface area (Å²) in [5.41, 5.74) is 3.65. The molecule has 1 aromatic carbocycles. The van der Waals surface area contributed by atoms with Crippen LogP contribution < -0.4 is 0 Å². The summed E-state index contributed by atoms with van der Waals surface area (Å²) in [5.74, 6) is 1.11. The van der Waals surface area contributed by atoms with Gasteiger partial charge in [-0.2, -0.15) is 0 Å². The number of fused-ring (bicyclic) bond motifs is 2. The standard InChI is InChI=1S/C19H23NO/c1-13-3-2-4-16(9-13)19(21)20-17-7-8-18(20)12-15(11-17)10-14-5-6-14/h2-4,9-10,14,17-18H,5-8,11-12H2,1H3. The van der Waals surface area contributed by atoms with Gasteiger partial charge in [0.15, 0.2) is 0 Å². The molecule has 1 aromatic rings. The molecule has 2 aliphatic heterocycles. The van der Waals surface area contributed by atoms with Gasteiger partial charge >= 0.3 is 0 Å². The molecule has 2 saturated heterocycles. The molecule has 2 atom stereocenters. The van der Waals surface area contributed by atoms with Crippen LogP contribution in [0.2, 0.25) is 0 Å². The zero-order chi connectivity index (χ0) is 14.4. The van der Waals surface area contributed by atoms with Crippen molar-refractivity contribution in [2.75, 3.05) is 0 Å². The zero-order valence-corrected chi connectivity index (χ0v) is 12.7. The Kier molecular flexibility index (Phi) is 3.13. The van der Waals surface area contributed by atoms with Crippen LogP contribution in [0.5, 0.6) is 0 Å². The molecule has 2 bridgehead atoms. The first kappa shape index (κ1) is 13.1. The molecule has 21 heavy (non-hydrogen) atoms. The minimum Gasteiger partial charge on any atom is -0.332 e. The minimum absolute atomic E-state index is 0.247. The number of aryl methyl sites for hydroxylation is 1. The summed E-state index contributed by atoms with van der Waals surface area (Å²) in [6, 6.07) is 8.93. The van der Waals surface area contributed by atoms with Gasteiger partial charge in [-0.25, -0.2) is 0 Å². The molecule has 0 N–H and O–H groups in total. The third-order valence-electron chi connectivity index (χ3n) is 5.21. The number of allylic oxidation sites excluding steroid dienone is 1. The first-order valence-electron chi connectivity index (χ1n) is 8.29. The van der Waals surface area contributed by atoms with Gasteiger partial charge in [0.2, 0.25) is 0 Å². The van der Waals surface area contributed by atoms with Crippen LogP contribution in [-0.4, -0.2) is 22.9 Å². The quantitative estimate of drug-likeness (QED) is 0.747. The van der Waals surface area contributed by atoms with Crippen molar-refractivity contribution in [1.29, 1.82) is 0 Å². The van der Waals surface area contributed by atoms with Crippen LogP contribution in [0.4, 0.5) is 0 Å². The molecule has 3 aliphatic rings. The van der Waals surface area contributed by atoms with Crippen LogP contribution in [0.25, 0.3) is 0 Å². The molecule has 1 aliphatic carbocycles. The second-order valence-electron chi connectivity index (χ2n) is 7.04. The van der Waals surface area contributed by atoms with E-state index < -0.39 is 0 Å². The molecule has 0 radical (unpaired) electrons. The molecule has 2 unspecified atom stereocenters. The van der Waals surface area contributed by atoms with E-state index in [4.69, 9.17) is 0 Å². The summed E-state index contributed by atoms with van der Waals surface area (Å²) in [4.78, 5) is 15.1. The summed E-state index contributed by atoms with van der Waals surface area (Å²) < 4.78 is 0. The van der Waals surface area contributed by atoms with Crippen molar-refractivity contribution in [3.05, 3.63) is 47.0 Å². The normalized spacial score (nSPS) is 27.9. The lowest BCUT2D eigenvalue weighted by atomic mass is 9.94. The fourth-order valence-electron chi connectivity index (χ4n) is 4.04. The minimum atomic E-state index is 0.247. The van der Waals surface area contributed by atoms with E-state index in [2.05, 4.69) is 24.0 Å². The Balaban J connectivity index is 1.55. The Labute approximate surface area is 126 Å². The Morgan fingerprint density at radius 3 is 2.48 bits per heavy atom. The van der Waals surface area contributed by atoms with Gasteiger partial charge in [0, 0.05) is 17.6 Å². The maximum Gasteiger partial charge on any atom is 0.254 e. The van der Waals surface area contributed by atoms with Gasteiger partial charge in [-0.15, -0.1) is 0 Å². The number of carbonyl (C=O) groups excluding carboxylic acids is 1. The molecule has 1 amide bonds. The molecular weight excluding hydrogens is 258 g/mol. The molecule has 1 saturated carbocycles. The predicted octanol–water partition coefficient (Wildman–Crippen LogP) is 4.10. The molecular formula is C19H23NO. The molecule has 2 heteroatoms. The van der Waals surface area contributed by atoms with Gasteiger partial charge in [0.25, 0.3) is 5.91 Å². The third-order valence-corrected chi connectivity index (χ3v) is 5.21. The van der Waals surface area contributed by atoms with Gasteiger partial charge in [-0.1, -0.05) is 29.3 Å². The van der Waals surface area contributed by atoms with Crippen LogP contribution in [-0.2, 0) is 0 Å². The van der Waals surface area contributed by atoms with Crippen molar-refractivity contribution in [3.63, 3.8) is 0 Å². The third kappa shape index (κ3) is 2.52. The van der Waals surface area contributed by atoms with Gasteiger partial charge in [0.1, 0.15) is 0 Å². The van der Waals surface area contributed by atoms with Crippen LogP contribution in [0, 0.1) is 12.8 Å². The zero-order valence-electron chi connectivity index (χ0n) is 12.7. The number of hydrogen-bond donors (Lipinski definition) is 0. The van der Waals surface area contributed by atoms with E-state index >= 15 is 0 Å². The van der Waals surface area contributed by atoms with E-state index in [0.717, 1.165) is 24.3 Å². The first-order valence-corrected chi connectivity index (χ1v) is 8.29. The summed E-state index contributed by atoms with van der Waals surface area (Å²) in [6.45, 7) is 2.05. The second-order valence-corrected chi connectivity index (χ2v) is 7.04. The van der Waals surface area contributed by atoms with Crippen LogP contribution in [0.3, 0.4) is 0 Å². The number of hydrogen-bond acceptors (Lipinski definition) is 1. The lowest BCUT2D eigenvalue weighted by Crippen LogP contribution is -2.44. The van der Waals surface area contributed by atoms with E-state index in [0.29, 0.717) is 12.1 Å². The van der Waals surface area contributed by atoms with E-state index in [1.165, 1.54) is 31.2 Å². The SMILES string of the molecule is Cc1cccc(C(=O)N2C3CCC2CC(=CC2CC2)C3)c1. The predicted molar refractivity (Wildman–Crippen MR) is 84.2 cm³/mol. The van der Waals surface area contributed by atoms with Gasteiger partial charge in [-0.3, -0.25) is 4.79 Å². The Morgan fingerprint density at radius 2 is 1.86 bits per heavy atom. The molecule has 110 valence electrons. The van der Waals surface area contributed by atoms with Crippen molar-refractivity contribution in [2.24, 2.45) is 5.92 Å². The Bertz CT molecular complexity index is 583. The monoisotopic (exact) mass is 281 g/mol. The average Bonchev–Trinajstić information content (AvgIpc) is 3.23. The number of benzene rings is 1. The van der Waals surface area contributed by atoms with Crippen LogP contribution in [0.1, 0.15) is 54.4 Å². The summed E-state index contributed by atoms with van der Waals surface area (Å²) in [7, 11) is 0. The first-order chi connectivity index (χ1) is 10.2. The smallest absolute Gasteiger partial charge is 0.254 e.